The first-order valence-electron chi connectivity index (χ1n) is 15.3. The van der Waals surface area contributed by atoms with E-state index in [9.17, 15) is 23.4 Å². The first-order chi connectivity index (χ1) is 17.3. The van der Waals surface area contributed by atoms with E-state index in [4.69, 9.17) is 4.74 Å². The Kier molecular flexibility index (Phi) is 7.58. The van der Waals surface area contributed by atoms with Crippen molar-refractivity contribution in [1.82, 2.24) is 0 Å². The quantitative estimate of drug-likeness (QED) is 0.372. The third kappa shape index (κ3) is 4.92. The minimum Gasteiger partial charge on any atom is -0.390 e. The van der Waals surface area contributed by atoms with Gasteiger partial charge in [0, 0.05) is 13.7 Å². The number of halogens is 3. The van der Waals surface area contributed by atoms with Crippen LogP contribution in [0.15, 0.2) is 0 Å². The van der Waals surface area contributed by atoms with Gasteiger partial charge in [-0.05, 0) is 143 Å². The van der Waals surface area contributed by atoms with E-state index in [2.05, 4.69) is 13.8 Å². The van der Waals surface area contributed by atoms with Crippen LogP contribution < -0.4 is 0 Å². The first kappa shape index (κ1) is 28.2. The molecule has 0 aromatic heterocycles. The summed E-state index contributed by atoms with van der Waals surface area (Å²) in [5.74, 6) is 3.10. The van der Waals surface area contributed by atoms with Crippen molar-refractivity contribution < 1.29 is 28.1 Å². The molecule has 8 atom stereocenters. The molecule has 0 aliphatic heterocycles. The number of hydrogen-bond acceptors (Lipinski definition) is 3. The number of ether oxygens (including phenoxy) is 1. The zero-order valence-electron chi connectivity index (χ0n) is 23.4. The zero-order valence-corrected chi connectivity index (χ0v) is 23.4. The van der Waals surface area contributed by atoms with Crippen LogP contribution in [0, 0.1) is 46.3 Å². The Morgan fingerprint density at radius 1 is 0.811 bits per heavy atom. The highest BCUT2D eigenvalue weighted by Gasteiger charge is 2.64. The molecule has 5 aliphatic rings. The van der Waals surface area contributed by atoms with Gasteiger partial charge in [-0.2, -0.15) is 13.2 Å². The molecule has 5 aliphatic carbocycles. The van der Waals surface area contributed by atoms with Crippen LogP contribution in [0.4, 0.5) is 13.2 Å². The Bertz CT molecular complexity index is 808. The summed E-state index contributed by atoms with van der Waals surface area (Å²) in [6.07, 6.45) is 9.63. The molecule has 3 nitrogen and oxygen atoms in total. The van der Waals surface area contributed by atoms with Crippen molar-refractivity contribution in [2.75, 3.05) is 13.7 Å². The highest BCUT2D eigenvalue weighted by atomic mass is 19.4. The predicted molar refractivity (Wildman–Crippen MR) is 139 cm³/mol. The molecule has 0 aromatic rings. The van der Waals surface area contributed by atoms with Gasteiger partial charge in [-0.15, -0.1) is 0 Å². The predicted octanol–water partition coefficient (Wildman–Crippen LogP) is 7.68. The van der Waals surface area contributed by atoms with E-state index in [1.807, 2.05) is 0 Å². The van der Waals surface area contributed by atoms with Crippen molar-refractivity contribution in [3.05, 3.63) is 0 Å². The molecule has 37 heavy (non-hydrogen) atoms. The molecular weight excluding hydrogens is 477 g/mol. The largest absolute Gasteiger partial charge is 0.417 e. The van der Waals surface area contributed by atoms with Crippen LogP contribution >= 0.6 is 0 Å². The fourth-order valence-electron chi connectivity index (χ4n) is 10.6. The van der Waals surface area contributed by atoms with Gasteiger partial charge in [-0.1, -0.05) is 20.3 Å². The number of rotatable bonds is 6. The van der Waals surface area contributed by atoms with Gasteiger partial charge in [0.25, 0.3) is 0 Å². The molecule has 2 N–H and O–H groups in total. The topological polar surface area (TPSA) is 49.7 Å². The highest BCUT2D eigenvalue weighted by Crippen LogP contribution is 2.69. The molecule has 5 rings (SSSR count). The first-order valence-corrected chi connectivity index (χ1v) is 15.3. The number of hydrogen-bond donors (Lipinski definition) is 2. The van der Waals surface area contributed by atoms with Crippen molar-refractivity contribution in [3.8, 4) is 0 Å². The van der Waals surface area contributed by atoms with E-state index in [0.717, 1.165) is 64.4 Å². The van der Waals surface area contributed by atoms with Crippen molar-refractivity contribution in [2.45, 2.75) is 134 Å². The van der Waals surface area contributed by atoms with Crippen LogP contribution in [0.3, 0.4) is 0 Å². The summed E-state index contributed by atoms with van der Waals surface area (Å²) in [5.41, 5.74) is -2.71. The summed E-state index contributed by atoms with van der Waals surface area (Å²) >= 11 is 0. The lowest BCUT2D eigenvalue weighted by atomic mass is 9.43. The van der Waals surface area contributed by atoms with E-state index >= 15 is 0 Å². The zero-order chi connectivity index (χ0) is 26.7. The van der Waals surface area contributed by atoms with Gasteiger partial charge in [0.15, 0.2) is 5.60 Å². The lowest BCUT2D eigenvalue weighted by molar-refractivity contribution is -0.290. The summed E-state index contributed by atoms with van der Waals surface area (Å²) in [6, 6.07) is 0. The van der Waals surface area contributed by atoms with Gasteiger partial charge < -0.3 is 14.9 Å². The Morgan fingerprint density at radius 3 is 2.19 bits per heavy atom. The summed E-state index contributed by atoms with van der Waals surface area (Å²) < 4.78 is 46.2. The van der Waals surface area contributed by atoms with Crippen molar-refractivity contribution in [2.24, 2.45) is 46.3 Å². The molecule has 0 heterocycles. The SMILES string of the molecule is COCC1CCC(O)(CCC[C@@H]2CC[C@H]3[C@@H]4CC[C@H]5C[C@](O)(C(F)(F)F)CC[C@]5(C)[C@H]4CC[C@]23C)CC1. The standard InChI is InChI=1S/C31H51F3O3/c1-27-14-12-26-24(8-6-23-19-30(36,31(32,33)34)18-17-28(23,26)2)25(27)9-7-22(27)5-4-13-29(35)15-10-21(11-16-29)20-37-3/h21-26,35-36H,4-20H2,1-3H3/t21?,22-,23+,24+,25+,26+,27-,28+,29?,30+/m1/s1. The normalized spacial score (nSPS) is 50.3. The van der Waals surface area contributed by atoms with E-state index in [-0.39, 0.29) is 24.2 Å². The van der Waals surface area contributed by atoms with E-state index < -0.39 is 17.4 Å². The highest BCUT2D eigenvalue weighted by molar-refractivity contribution is 5.11. The lowest BCUT2D eigenvalue weighted by Crippen LogP contribution is -2.59. The lowest BCUT2D eigenvalue weighted by Gasteiger charge is -2.62. The molecule has 5 fully saturated rings. The van der Waals surface area contributed by atoms with Crippen molar-refractivity contribution >= 4 is 0 Å². The minimum atomic E-state index is -4.52. The molecule has 214 valence electrons. The smallest absolute Gasteiger partial charge is 0.390 e. The number of aliphatic hydroxyl groups is 2. The maximum absolute atomic E-state index is 13.6. The van der Waals surface area contributed by atoms with Crippen LogP contribution in [0.25, 0.3) is 0 Å². The monoisotopic (exact) mass is 528 g/mol. The Morgan fingerprint density at radius 2 is 1.51 bits per heavy atom. The third-order valence-corrected chi connectivity index (χ3v) is 13.1. The summed E-state index contributed by atoms with van der Waals surface area (Å²) in [6.45, 7) is 5.60. The number of alkyl halides is 3. The number of fused-ring (bicyclic) bond motifs is 5. The van der Waals surface area contributed by atoms with Gasteiger partial charge in [0.1, 0.15) is 0 Å². The Balaban J connectivity index is 1.18. The van der Waals surface area contributed by atoms with Gasteiger partial charge in [0.05, 0.1) is 5.60 Å². The average Bonchev–Trinajstić information content (AvgIpc) is 3.17. The summed E-state index contributed by atoms with van der Waals surface area (Å²) in [5, 5.41) is 21.6. The van der Waals surface area contributed by atoms with Crippen LogP contribution in [0.2, 0.25) is 0 Å². The Labute approximate surface area is 222 Å². The molecule has 0 unspecified atom stereocenters. The number of methoxy groups -OCH3 is 1. The van der Waals surface area contributed by atoms with Crippen LogP contribution in [-0.2, 0) is 4.74 Å². The van der Waals surface area contributed by atoms with Crippen LogP contribution in [-0.4, -0.2) is 41.3 Å². The van der Waals surface area contributed by atoms with E-state index in [1.54, 1.807) is 7.11 Å². The second-order valence-corrected chi connectivity index (χ2v) is 14.7. The minimum absolute atomic E-state index is 0.0181. The average molecular weight is 529 g/mol. The van der Waals surface area contributed by atoms with Crippen molar-refractivity contribution in [1.29, 1.82) is 0 Å². The van der Waals surface area contributed by atoms with E-state index in [0.29, 0.717) is 41.4 Å². The maximum atomic E-state index is 13.6. The van der Waals surface area contributed by atoms with Gasteiger partial charge in [-0.3, -0.25) is 0 Å². The molecule has 0 saturated heterocycles. The molecule has 6 heteroatoms. The molecule has 0 amide bonds. The molecule has 0 aromatic carbocycles. The van der Waals surface area contributed by atoms with Crippen LogP contribution in [0.1, 0.15) is 117 Å². The third-order valence-electron chi connectivity index (χ3n) is 13.1. The fraction of sp³-hybridized carbons (Fsp3) is 1.00. The molecule has 0 radical (unpaired) electrons. The van der Waals surface area contributed by atoms with Gasteiger partial charge in [0.2, 0.25) is 0 Å². The second-order valence-electron chi connectivity index (χ2n) is 14.7. The summed E-state index contributed by atoms with van der Waals surface area (Å²) in [4.78, 5) is 0. The second kappa shape index (κ2) is 9.94. The van der Waals surface area contributed by atoms with Crippen molar-refractivity contribution in [3.63, 3.8) is 0 Å². The maximum Gasteiger partial charge on any atom is 0.417 e. The Hall–Kier alpha value is -0.330. The molecule has 0 spiro atoms. The fourth-order valence-corrected chi connectivity index (χ4v) is 10.6. The van der Waals surface area contributed by atoms with Gasteiger partial charge >= 0.3 is 6.18 Å². The molecular formula is C31H51F3O3. The molecule has 5 saturated carbocycles. The molecule has 0 bridgehead atoms. The van der Waals surface area contributed by atoms with Crippen LogP contribution in [0.5, 0.6) is 0 Å². The van der Waals surface area contributed by atoms with Gasteiger partial charge in [-0.25, -0.2) is 0 Å². The van der Waals surface area contributed by atoms with E-state index in [1.165, 1.54) is 25.7 Å². The summed E-state index contributed by atoms with van der Waals surface area (Å²) in [7, 11) is 1.76.